The summed E-state index contributed by atoms with van der Waals surface area (Å²) in [6.07, 6.45) is 3.50. The lowest BCUT2D eigenvalue weighted by Gasteiger charge is -2.09. The molecule has 0 unspecified atom stereocenters. The van der Waals surface area contributed by atoms with Crippen molar-refractivity contribution in [3.63, 3.8) is 0 Å². The molecule has 0 N–H and O–H groups in total. The van der Waals surface area contributed by atoms with Crippen molar-refractivity contribution in [3.05, 3.63) is 65.9 Å². The van der Waals surface area contributed by atoms with Crippen LogP contribution >= 0.6 is 11.6 Å². The first-order valence-corrected chi connectivity index (χ1v) is 7.74. The molecule has 0 amide bonds. The standard InChI is InChI=1S/C18H13ClN4O/c1-24-17-8-6-13(11-21-17)23-16-7-5-12(19)10-15(16)22-18(23)14-4-2-3-9-20-14/h2-11H,1H3. The van der Waals surface area contributed by atoms with Crippen LogP contribution in [0.4, 0.5) is 0 Å². The van der Waals surface area contributed by atoms with Crippen LogP contribution in [0.25, 0.3) is 28.2 Å². The van der Waals surface area contributed by atoms with Gasteiger partial charge < -0.3 is 4.74 Å². The molecule has 0 radical (unpaired) electrons. The molecule has 0 atom stereocenters. The molecule has 4 aromatic rings. The summed E-state index contributed by atoms with van der Waals surface area (Å²) in [7, 11) is 1.59. The normalized spacial score (nSPS) is 10.9. The Hall–Kier alpha value is -2.92. The van der Waals surface area contributed by atoms with Gasteiger partial charge in [-0.3, -0.25) is 9.55 Å². The number of fused-ring (bicyclic) bond motifs is 1. The Bertz CT molecular complexity index is 997. The van der Waals surface area contributed by atoms with Gasteiger partial charge in [-0.25, -0.2) is 9.97 Å². The van der Waals surface area contributed by atoms with Gasteiger partial charge in [-0.15, -0.1) is 0 Å². The number of imidazole rings is 1. The van der Waals surface area contributed by atoms with Crippen molar-refractivity contribution < 1.29 is 4.74 Å². The molecule has 0 aliphatic rings. The zero-order valence-corrected chi connectivity index (χ0v) is 13.6. The van der Waals surface area contributed by atoms with E-state index in [1.807, 2.05) is 53.1 Å². The molecule has 118 valence electrons. The number of hydrogen-bond acceptors (Lipinski definition) is 4. The van der Waals surface area contributed by atoms with E-state index in [2.05, 4.69) is 9.97 Å². The summed E-state index contributed by atoms with van der Waals surface area (Å²) in [4.78, 5) is 13.4. The maximum atomic E-state index is 6.12. The third-order valence-corrected chi connectivity index (χ3v) is 3.93. The van der Waals surface area contributed by atoms with Gasteiger partial charge in [0.2, 0.25) is 5.88 Å². The highest BCUT2D eigenvalue weighted by atomic mass is 35.5. The second-order valence-corrected chi connectivity index (χ2v) is 5.61. The summed E-state index contributed by atoms with van der Waals surface area (Å²) in [5, 5.41) is 0.646. The van der Waals surface area contributed by atoms with Crippen LogP contribution in [-0.4, -0.2) is 26.6 Å². The average Bonchev–Trinajstić information content (AvgIpc) is 3.01. The molecule has 0 saturated carbocycles. The second-order valence-electron chi connectivity index (χ2n) is 5.18. The number of hydrogen-bond donors (Lipinski definition) is 0. The number of halogens is 1. The molecule has 3 heterocycles. The first kappa shape index (κ1) is 14.7. The van der Waals surface area contributed by atoms with E-state index in [1.54, 1.807) is 19.5 Å². The molecule has 6 heteroatoms. The predicted molar refractivity (Wildman–Crippen MR) is 93.7 cm³/mol. The molecular formula is C18H13ClN4O. The molecule has 5 nitrogen and oxygen atoms in total. The molecule has 1 aromatic carbocycles. The van der Waals surface area contributed by atoms with Gasteiger partial charge in [0.15, 0.2) is 5.82 Å². The molecule has 0 bridgehead atoms. The fraction of sp³-hybridized carbons (Fsp3) is 0.0556. The first-order valence-electron chi connectivity index (χ1n) is 7.36. The minimum absolute atomic E-state index is 0.561. The van der Waals surface area contributed by atoms with Gasteiger partial charge in [-0.2, -0.15) is 0 Å². The van der Waals surface area contributed by atoms with Crippen LogP contribution in [0.2, 0.25) is 5.02 Å². The number of ether oxygens (including phenoxy) is 1. The Balaban J connectivity index is 2.00. The fourth-order valence-corrected chi connectivity index (χ4v) is 2.77. The van der Waals surface area contributed by atoms with E-state index in [9.17, 15) is 0 Å². The predicted octanol–water partition coefficient (Wildman–Crippen LogP) is 4.14. The second kappa shape index (κ2) is 5.94. The van der Waals surface area contributed by atoms with Crippen LogP contribution < -0.4 is 4.74 Å². The molecule has 24 heavy (non-hydrogen) atoms. The lowest BCUT2D eigenvalue weighted by molar-refractivity contribution is 0.398. The van der Waals surface area contributed by atoms with Crippen molar-refractivity contribution in [3.8, 4) is 23.1 Å². The van der Waals surface area contributed by atoms with Gasteiger partial charge >= 0.3 is 0 Å². The van der Waals surface area contributed by atoms with E-state index >= 15 is 0 Å². The minimum Gasteiger partial charge on any atom is -0.481 e. The van der Waals surface area contributed by atoms with E-state index in [1.165, 1.54) is 0 Å². The topological polar surface area (TPSA) is 52.8 Å². The molecule has 4 rings (SSSR count). The minimum atomic E-state index is 0.561. The summed E-state index contributed by atoms with van der Waals surface area (Å²) >= 11 is 6.12. The summed E-state index contributed by atoms with van der Waals surface area (Å²) in [5.41, 5.74) is 3.40. The Morgan fingerprint density at radius 1 is 1.04 bits per heavy atom. The maximum Gasteiger partial charge on any atom is 0.213 e. The quantitative estimate of drug-likeness (QED) is 0.564. The van der Waals surface area contributed by atoms with Crippen LogP contribution in [0.3, 0.4) is 0 Å². The number of rotatable bonds is 3. The van der Waals surface area contributed by atoms with E-state index in [0.29, 0.717) is 10.9 Å². The van der Waals surface area contributed by atoms with Crippen LogP contribution in [0.5, 0.6) is 5.88 Å². The third kappa shape index (κ3) is 2.49. The van der Waals surface area contributed by atoms with Gasteiger partial charge in [0.05, 0.1) is 30.0 Å². The fourth-order valence-electron chi connectivity index (χ4n) is 2.61. The third-order valence-electron chi connectivity index (χ3n) is 3.70. The van der Waals surface area contributed by atoms with Gasteiger partial charge in [-0.1, -0.05) is 17.7 Å². The molecule has 0 fully saturated rings. The maximum absolute atomic E-state index is 6.12. The van der Waals surface area contributed by atoms with E-state index in [0.717, 1.165) is 28.2 Å². The lowest BCUT2D eigenvalue weighted by Crippen LogP contribution is -1.99. The first-order chi connectivity index (χ1) is 11.8. The smallest absolute Gasteiger partial charge is 0.213 e. The molecule has 0 aliphatic heterocycles. The average molecular weight is 337 g/mol. The van der Waals surface area contributed by atoms with Crippen molar-refractivity contribution in [2.24, 2.45) is 0 Å². The zero-order chi connectivity index (χ0) is 16.5. The molecular weight excluding hydrogens is 324 g/mol. The van der Waals surface area contributed by atoms with Crippen LogP contribution in [0, 0.1) is 0 Å². The number of benzene rings is 1. The number of methoxy groups -OCH3 is 1. The van der Waals surface area contributed by atoms with Crippen molar-refractivity contribution in [2.75, 3.05) is 7.11 Å². The van der Waals surface area contributed by atoms with Gasteiger partial charge in [0, 0.05) is 17.3 Å². The highest BCUT2D eigenvalue weighted by Crippen LogP contribution is 2.29. The van der Waals surface area contributed by atoms with E-state index in [4.69, 9.17) is 21.3 Å². The van der Waals surface area contributed by atoms with Crippen molar-refractivity contribution in [1.29, 1.82) is 0 Å². The van der Waals surface area contributed by atoms with Gasteiger partial charge in [0.25, 0.3) is 0 Å². The Morgan fingerprint density at radius 3 is 2.67 bits per heavy atom. The van der Waals surface area contributed by atoms with Gasteiger partial charge in [0.1, 0.15) is 5.69 Å². The largest absolute Gasteiger partial charge is 0.481 e. The van der Waals surface area contributed by atoms with E-state index in [-0.39, 0.29) is 0 Å². The SMILES string of the molecule is COc1ccc(-n2c(-c3ccccn3)nc3cc(Cl)ccc32)cn1. The number of nitrogens with zero attached hydrogens (tertiary/aromatic N) is 4. The number of pyridine rings is 2. The highest BCUT2D eigenvalue weighted by molar-refractivity contribution is 6.31. The summed E-state index contributed by atoms with van der Waals surface area (Å²) < 4.78 is 7.15. The van der Waals surface area contributed by atoms with Crippen molar-refractivity contribution in [1.82, 2.24) is 19.5 Å². The molecule has 0 spiro atoms. The molecule has 3 aromatic heterocycles. The van der Waals surface area contributed by atoms with Crippen LogP contribution in [-0.2, 0) is 0 Å². The van der Waals surface area contributed by atoms with Crippen LogP contribution in [0.15, 0.2) is 60.9 Å². The van der Waals surface area contributed by atoms with E-state index < -0.39 is 0 Å². The van der Waals surface area contributed by atoms with Gasteiger partial charge in [-0.05, 0) is 36.4 Å². The Kier molecular flexibility index (Phi) is 3.63. The van der Waals surface area contributed by atoms with Crippen molar-refractivity contribution in [2.45, 2.75) is 0 Å². The Labute approximate surface area is 143 Å². The highest BCUT2D eigenvalue weighted by Gasteiger charge is 2.15. The molecule has 0 saturated heterocycles. The summed E-state index contributed by atoms with van der Waals surface area (Å²) in [5.74, 6) is 1.30. The van der Waals surface area contributed by atoms with Crippen LogP contribution in [0.1, 0.15) is 0 Å². The zero-order valence-electron chi connectivity index (χ0n) is 12.8. The molecule has 0 aliphatic carbocycles. The van der Waals surface area contributed by atoms with Crippen molar-refractivity contribution >= 4 is 22.6 Å². The lowest BCUT2D eigenvalue weighted by atomic mass is 10.3. The summed E-state index contributed by atoms with van der Waals surface area (Å²) in [6.45, 7) is 0. The Morgan fingerprint density at radius 2 is 1.96 bits per heavy atom. The number of aromatic nitrogens is 4. The monoisotopic (exact) mass is 336 g/mol. The summed E-state index contributed by atoms with van der Waals surface area (Å²) in [6, 6.07) is 15.1.